The van der Waals surface area contributed by atoms with E-state index in [1.54, 1.807) is 6.07 Å². The summed E-state index contributed by atoms with van der Waals surface area (Å²) >= 11 is 6.01. The van der Waals surface area contributed by atoms with Crippen molar-refractivity contribution in [1.29, 1.82) is 0 Å². The van der Waals surface area contributed by atoms with Gasteiger partial charge in [0, 0.05) is 24.2 Å². The molecule has 1 saturated heterocycles. The van der Waals surface area contributed by atoms with Gasteiger partial charge in [0.2, 0.25) is 10.0 Å². The fourth-order valence-corrected chi connectivity index (χ4v) is 3.81. The van der Waals surface area contributed by atoms with Crippen LogP contribution in [0.3, 0.4) is 0 Å². The molecule has 0 aliphatic carbocycles. The van der Waals surface area contributed by atoms with Crippen molar-refractivity contribution in [2.75, 3.05) is 20.1 Å². The highest BCUT2D eigenvalue weighted by Crippen LogP contribution is 2.21. The Morgan fingerprint density at radius 2 is 2.25 bits per heavy atom. The van der Waals surface area contributed by atoms with Crippen LogP contribution in [0.15, 0.2) is 23.1 Å². The molecule has 5 nitrogen and oxygen atoms in total. The Balaban J connectivity index is 2.08. The van der Waals surface area contributed by atoms with Gasteiger partial charge in [0.25, 0.3) is 0 Å². The second kappa shape index (κ2) is 6.41. The highest BCUT2D eigenvalue weighted by Gasteiger charge is 2.23. The molecule has 0 bridgehead atoms. The van der Waals surface area contributed by atoms with Crippen LogP contribution in [-0.2, 0) is 16.6 Å². The summed E-state index contributed by atoms with van der Waals surface area (Å²) in [5, 5.41) is 0.383. The van der Waals surface area contributed by atoms with Gasteiger partial charge in [-0.2, -0.15) is 0 Å². The predicted octanol–water partition coefficient (Wildman–Crippen LogP) is 1.17. The van der Waals surface area contributed by atoms with E-state index in [1.807, 2.05) is 7.05 Å². The molecular formula is C13H20ClN3O2S. The zero-order chi connectivity index (χ0) is 14.8. The lowest BCUT2D eigenvalue weighted by Gasteiger charge is -2.19. The van der Waals surface area contributed by atoms with E-state index in [1.165, 1.54) is 12.1 Å². The summed E-state index contributed by atoms with van der Waals surface area (Å²) in [6, 6.07) is 4.90. The van der Waals surface area contributed by atoms with Crippen molar-refractivity contribution in [3.05, 3.63) is 28.8 Å². The largest absolute Gasteiger partial charge is 0.326 e. The van der Waals surface area contributed by atoms with Gasteiger partial charge >= 0.3 is 0 Å². The molecule has 1 unspecified atom stereocenters. The molecule has 0 spiro atoms. The summed E-state index contributed by atoms with van der Waals surface area (Å²) in [5.41, 5.74) is 6.25. The monoisotopic (exact) mass is 317 g/mol. The van der Waals surface area contributed by atoms with Gasteiger partial charge < -0.3 is 10.6 Å². The van der Waals surface area contributed by atoms with Crippen LogP contribution in [0, 0.1) is 0 Å². The third kappa shape index (κ3) is 3.51. The maximum atomic E-state index is 12.2. The first kappa shape index (κ1) is 15.7. The van der Waals surface area contributed by atoms with Crippen LogP contribution in [0.25, 0.3) is 0 Å². The minimum atomic E-state index is -3.52. The number of likely N-dealkylation sites (N-methyl/N-ethyl adjacent to an activating group) is 1. The van der Waals surface area contributed by atoms with Gasteiger partial charge in [-0.25, -0.2) is 13.1 Å². The molecule has 1 fully saturated rings. The Morgan fingerprint density at radius 1 is 1.50 bits per heavy atom. The summed E-state index contributed by atoms with van der Waals surface area (Å²) in [6.45, 7) is 1.73. The quantitative estimate of drug-likeness (QED) is 0.855. The lowest BCUT2D eigenvalue weighted by Crippen LogP contribution is -2.38. The number of nitrogens with two attached hydrogens (primary N) is 1. The topological polar surface area (TPSA) is 75.4 Å². The summed E-state index contributed by atoms with van der Waals surface area (Å²) < 4.78 is 27.1. The fraction of sp³-hybridized carbons (Fsp3) is 0.538. The molecule has 1 heterocycles. The Kier molecular flexibility index (Phi) is 5.04. The summed E-state index contributed by atoms with van der Waals surface area (Å²) in [5.74, 6) is 0. The van der Waals surface area contributed by atoms with Crippen LogP contribution < -0.4 is 10.5 Å². The zero-order valence-corrected chi connectivity index (χ0v) is 13.0. The molecular weight excluding hydrogens is 298 g/mol. The minimum absolute atomic E-state index is 0.181. The number of halogens is 1. The fourth-order valence-electron chi connectivity index (χ4n) is 2.39. The van der Waals surface area contributed by atoms with E-state index < -0.39 is 10.0 Å². The van der Waals surface area contributed by atoms with Gasteiger partial charge in [-0.3, -0.25) is 0 Å². The van der Waals surface area contributed by atoms with Gasteiger partial charge in [-0.15, -0.1) is 0 Å². The zero-order valence-electron chi connectivity index (χ0n) is 11.5. The molecule has 20 heavy (non-hydrogen) atoms. The molecule has 1 aliphatic heterocycles. The Bertz CT molecular complexity index is 577. The third-order valence-electron chi connectivity index (χ3n) is 3.74. The number of rotatable bonds is 5. The molecule has 1 aromatic rings. The number of hydrogen-bond acceptors (Lipinski definition) is 4. The smallest absolute Gasteiger partial charge is 0.240 e. The predicted molar refractivity (Wildman–Crippen MR) is 80.2 cm³/mol. The maximum Gasteiger partial charge on any atom is 0.240 e. The average molecular weight is 318 g/mol. The van der Waals surface area contributed by atoms with Crippen LogP contribution >= 0.6 is 11.6 Å². The first-order valence-corrected chi connectivity index (χ1v) is 8.48. The van der Waals surface area contributed by atoms with Crippen molar-refractivity contribution in [1.82, 2.24) is 9.62 Å². The molecule has 7 heteroatoms. The van der Waals surface area contributed by atoms with Gasteiger partial charge in [-0.1, -0.05) is 17.7 Å². The number of benzene rings is 1. The molecule has 1 aliphatic rings. The van der Waals surface area contributed by atoms with Crippen molar-refractivity contribution in [3.63, 3.8) is 0 Å². The molecule has 0 amide bonds. The normalized spacial score (nSPS) is 20.4. The van der Waals surface area contributed by atoms with E-state index in [-0.39, 0.29) is 10.9 Å². The van der Waals surface area contributed by atoms with Gasteiger partial charge in [-0.05, 0) is 44.1 Å². The van der Waals surface area contributed by atoms with Gasteiger partial charge in [0.1, 0.15) is 0 Å². The van der Waals surface area contributed by atoms with Crippen molar-refractivity contribution in [3.8, 4) is 0 Å². The van der Waals surface area contributed by atoms with Crippen molar-refractivity contribution >= 4 is 21.6 Å². The lowest BCUT2D eigenvalue weighted by atomic mass is 10.2. The Hall–Kier alpha value is -0.660. The number of nitrogens with zero attached hydrogens (tertiary/aromatic N) is 1. The first-order chi connectivity index (χ1) is 9.44. The highest BCUT2D eigenvalue weighted by atomic mass is 35.5. The first-order valence-electron chi connectivity index (χ1n) is 6.62. The highest BCUT2D eigenvalue weighted by molar-refractivity contribution is 7.89. The van der Waals surface area contributed by atoms with E-state index >= 15 is 0 Å². The number of likely N-dealkylation sites (tertiary alicyclic amines) is 1. The number of hydrogen-bond donors (Lipinski definition) is 2. The van der Waals surface area contributed by atoms with Crippen LogP contribution in [0.1, 0.15) is 18.4 Å². The molecule has 1 aromatic carbocycles. The van der Waals surface area contributed by atoms with Crippen molar-refractivity contribution in [2.24, 2.45) is 5.73 Å². The number of sulfonamides is 1. The lowest BCUT2D eigenvalue weighted by molar-refractivity contribution is 0.311. The third-order valence-corrected chi connectivity index (χ3v) is 5.51. The second-order valence-corrected chi connectivity index (χ2v) is 7.26. The molecule has 112 valence electrons. The SMILES string of the molecule is CN1CCCC1CNS(=O)(=O)c1ccc(CN)c(Cl)c1. The van der Waals surface area contributed by atoms with Crippen LogP contribution in [0.4, 0.5) is 0 Å². The standard InChI is InChI=1S/C13H20ClN3O2S/c1-17-6-2-3-11(17)9-16-20(18,19)12-5-4-10(8-15)13(14)7-12/h4-5,7,11,16H,2-3,6,8-9,15H2,1H3. The average Bonchev–Trinajstić information content (AvgIpc) is 2.82. The van der Waals surface area contributed by atoms with E-state index in [2.05, 4.69) is 9.62 Å². The molecule has 1 atom stereocenters. The molecule has 3 N–H and O–H groups in total. The van der Waals surface area contributed by atoms with Crippen LogP contribution in [0.5, 0.6) is 0 Å². The summed E-state index contributed by atoms with van der Waals surface area (Å²) in [7, 11) is -1.51. The van der Waals surface area contributed by atoms with E-state index in [4.69, 9.17) is 17.3 Å². The molecule has 2 rings (SSSR count). The second-order valence-electron chi connectivity index (χ2n) is 5.09. The molecule has 0 aromatic heterocycles. The Morgan fingerprint density at radius 3 is 2.80 bits per heavy atom. The van der Waals surface area contributed by atoms with Crippen LogP contribution in [-0.4, -0.2) is 39.5 Å². The van der Waals surface area contributed by atoms with Gasteiger partial charge in [0.15, 0.2) is 0 Å². The molecule has 0 radical (unpaired) electrons. The van der Waals surface area contributed by atoms with Gasteiger partial charge in [0.05, 0.1) is 4.90 Å². The Labute approximate surface area is 125 Å². The van der Waals surface area contributed by atoms with Crippen molar-refractivity contribution in [2.45, 2.75) is 30.3 Å². The summed E-state index contributed by atoms with van der Waals surface area (Å²) in [6.07, 6.45) is 2.13. The van der Waals surface area contributed by atoms with Crippen molar-refractivity contribution < 1.29 is 8.42 Å². The van der Waals surface area contributed by atoms with E-state index in [9.17, 15) is 8.42 Å². The van der Waals surface area contributed by atoms with E-state index in [0.29, 0.717) is 18.1 Å². The maximum absolute atomic E-state index is 12.2. The number of nitrogens with one attached hydrogen (secondary N) is 1. The minimum Gasteiger partial charge on any atom is -0.326 e. The van der Waals surface area contributed by atoms with Crippen LogP contribution in [0.2, 0.25) is 5.02 Å². The summed E-state index contributed by atoms with van der Waals surface area (Å²) in [4.78, 5) is 2.35. The van der Waals surface area contributed by atoms with E-state index in [0.717, 1.165) is 24.9 Å². The molecule has 0 saturated carbocycles.